The highest BCUT2D eigenvalue weighted by Gasteiger charge is 2.37. The molecule has 0 aromatic heterocycles. The number of hydrogen-bond donors (Lipinski definition) is 2. The van der Waals surface area contributed by atoms with Gasteiger partial charge in [-0.2, -0.15) is 0 Å². The van der Waals surface area contributed by atoms with Crippen LogP contribution < -0.4 is 0 Å². The zero-order valence-electron chi connectivity index (χ0n) is 16.3. The first-order valence-electron chi connectivity index (χ1n) is 9.86. The van der Waals surface area contributed by atoms with Crippen molar-refractivity contribution < 1.29 is 19.7 Å². The molecule has 1 saturated heterocycles. The van der Waals surface area contributed by atoms with Crippen LogP contribution in [0.2, 0.25) is 0 Å². The van der Waals surface area contributed by atoms with Crippen LogP contribution in [0.15, 0.2) is 54.6 Å². The van der Waals surface area contributed by atoms with Crippen molar-refractivity contribution in [3.63, 3.8) is 0 Å². The maximum atomic E-state index is 9.54. The van der Waals surface area contributed by atoms with Crippen molar-refractivity contribution in [3.05, 3.63) is 60.2 Å². The number of ether oxygens (including phenoxy) is 2. The van der Waals surface area contributed by atoms with Crippen molar-refractivity contribution in [2.24, 2.45) is 5.41 Å². The summed E-state index contributed by atoms with van der Waals surface area (Å²) in [5.74, 6) is 0. The van der Waals surface area contributed by atoms with Gasteiger partial charge in [0, 0.05) is 5.56 Å². The fourth-order valence-corrected chi connectivity index (χ4v) is 3.97. The van der Waals surface area contributed by atoms with Gasteiger partial charge in [0.25, 0.3) is 0 Å². The lowest BCUT2D eigenvalue weighted by Gasteiger charge is -2.37. The van der Waals surface area contributed by atoms with Crippen LogP contribution in [-0.2, 0) is 9.47 Å². The summed E-state index contributed by atoms with van der Waals surface area (Å²) >= 11 is 0. The van der Waals surface area contributed by atoms with E-state index in [9.17, 15) is 10.2 Å². The second-order valence-electron chi connectivity index (χ2n) is 7.28. The highest BCUT2D eigenvalue weighted by Crippen LogP contribution is 2.40. The Morgan fingerprint density at radius 1 is 0.786 bits per heavy atom. The Morgan fingerprint density at radius 3 is 1.93 bits per heavy atom. The maximum absolute atomic E-state index is 9.54. The molecule has 0 bridgehead atoms. The Bertz CT molecular complexity index is 1060. The smallest absolute Gasteiger partial charge is 0.184 e. The molecule has 1 fully saturated rings. The minimum Gasteiger partial charge on any atom is -0.396 e. The fourth-order valence-electron chi connectivity index (χ4n) is 3.97. The average molecular weight is 378 g/mol. The Kier molecular flexibility index (Phi) is 5.21. The van der Waals surface area contributed by atoms with Gasteiger partial charge in [0.15, 0.2) is 6.29 Å². The van der Waals surface area contributed by atoms with Crippen LogP contribution in [0.4, 0.5) is 0 Å². The van der Waals surface area contributed by atoms with E-state index in [1.807, 2.05) is 13.8 Å². The van der Waals surface area contributed by atoms with Crippen LogP contribution in [0.25, 0.3) is 32.3 Å². The molecular weight excluding hydrogens is 352 g/mol. The van der Waals surface area contributed by atoms with Gasteiger partial charge in [-0.1, -0.05) is 68.4 Å². The topological polar surface area (TPSA) is 58.9 Å². The number of benzene rings is 4. The molecule has 0 amide bonds. The number of rotatable bonds is 3. The minimum absolute atomic E-state index is 0.158. The highest BCUT2D eigenvalue weighted by atomic mass is 16.7. The summed E-state index contributed by atoms with van der Waals surface area (Å²) in [5, 5.41) is 26.3. The lowest BCUT2D eigenvalue weighted by molar-refractivity contribution is -0.247. The second-order valence-corrected chi connectivity index (χ2v) is 7.28. The molecule has 2 N–H and O–H groups in total. The highest BCUT2D eigenvalue weighted by molar-refractivity contribution is 6.23. The quantitative estimate of drug-likeness (QED) is 0.511. The molecule has 0 saturated carbocycles. The third-order valence-corrected chi connectivity index (χ3v) is 5.57. The molecule has 5 rings (SSSR count). The van der Waals surface area contributed by atoms with E-state index in [-0.39, 0.29) is 26.4 Å². The molecule has 146 valence electrons. The van der Waals surface area contributed by atoms with Crippen molar-refractivity contribution in [1.82, 2.24) is 0 Å². The minimum atomic E-state index is -0.722. The number of aliphatic hydroxyl groups excluding tert-OH is 2. The van der Waals surface area contributed by atoms with Gasteiger partial charge in [0.2, 0.25) is 0 Å². The van der Waals surface area contributed by atoms with Gasteiger partial charge in [-0.15, -0.1) is 0 Å². The van der Waals surface area contributed by atoms with Gasteiger partial charge in [-0.25, -0.2) is 0 Å². The van der Waals surface area contributed by atoms with E-state index >= 15 is 0 Å². The Labute approximate surface area is 164 Å². The summed E-state index contributed by atoms with van der Waals surface area (Å²) in [6, 6.07) is 19.1. The molecule has 1 heterocycles. The van der Waals surface area contributed by atoms with Crippen LogP contribution in [-0.4, -0.2) is 36.6 Å². The van der Waals surface area contributed by atoms with Gasteiger partial charge in [-0.3, -0.25) is 0 Å². The number of aliphatic hydroxyl groups is 2. The van der Waals surface area contributed by atoms with Gasteiger partial charge >= 0.3 is 0 Å². The molecule has 4 aromatic rings. The van der Waals surface area contributed by atoms with Crippen LogP contribution in [0.3, 0.4) is 0 Å². The third-order valence-electron chi connectivity index (χ3n) is 5.57. The summed E-state index contributed by atoms with van der Waals surface area (Å²) in [5.41, 5.74) is 0.264. The molecular formula is C24H26O4. The largest absolute Gasteiger partial charge is 0.396 e. The monoisotopic (exact) mass is 378 g/mol. The Morgan fingerprint density at radius 2 is 1.32 bits per heavy atom. The first-order chi connectivity index (χ1) is 13.7. The van der Waals surface area contributed by atoms with E-state index < -0.39 is 11.7 Å². The SMILES string of the molecule is CC.OCC1(CO)COC(c2ccc3ccc4cccc5ccc2c3c45)OC1. The van der Waals surface area contributed by atoms with Crippen molar-refractivity contribution in [1.29, 1.82) is 0 Å². The predicted molar refractivity (Wildman–Crippen MR) is 113 cm³/mol. The summed E-state index contributed by atoms with van der Waals surface area (Å²) in [7, 11) is 0. The molecule has 4 nitrogen and oxygen atoms in total. The summed E-state index contributed by atoms with van der Waals surface area (Å²) in [4.78, 5) is 0. The lowest BCUT2D eigenvalue weighted by atomic mass is 9.90. The van der Waals surface area contributed by atoms with E-state index in [2.05, 4.69) is 54.6 Å². The van der Waals surface area contributed by atoms with Gasteiger partial charge < -0.3 is 19.7 Å². The molecule has 0 spiro atoms. The van der Waals surface area contributed by atoms with Gasteiger partial charge in [0.1, 0.15) is 0 Å². The zero-order valence-corrected chi connectivity index (χ0v) is 16.3. The Hall–Kier alpha value is -2.24. The van der Waals surface area contributed by atoms with Crippen molar-refractivity contribution in [2.45, 2.75) is 20.1 Å². The normalized spacial score (nSPS) is 17.1. The summed E-state index contributed by atoms with van der Waals surface area (Å²) < 4.78 is 11.8. The average Bonchev–Trinajstić information content (AvgIpc) is 2.79. The van der Waals surface area contributed by atoms with E-state index in [1.54, 1.807) is 0 Å². The molecule has 4 heteroatoms. The van der Waals surface area contributed by atoms with Crippen molar-refractivity contribution >= 4 is 32.3 Å². The maximum Gasteiger partial charge on any atom is 0.184 e. The summed E-state index contributed by atoms with van der Waals surface area (Å²) in [6.07, 6.45) is -0.495. The van der Waals surface area contributed by atoms with E-state index in [4.69, 9.17) is 9.47 Å². The molecule has 0 atom stereocenters. The van der Waals surface area contributed by atoms with Crippen molar-refractivity contribution in [2.75, 3.05) is 26.4 Å². The van der Waals surface area contributed by atoms with Crippen LogP contribution in [0.1, 0.15) is 25.7 Å². The molecule has 28 heavy (non-hydrogen) atoms. The zero-order chi connectivity index (χ0) is 19.7. The standard InChI is InChI=1S/C22H20O4.C2H6/c23-10-22(11-24)12-25-21(26-13-22)18-9-7-16-5-4-14-2-1-3-15-6-8-17(18)20(16)19(14)15;1-2/h1-9,21,23-24H,10-13H2;1-2H3. The Balaban J connectivity index is 0.000000932. The molecule has 0 aliphatic carbocycles. The number of hydrogen-bond acceptors (Lipinski definition) is 4. The predicted octanol–water partition coefficient (Wildman–Crippen LogP) is 4.63. The van der Waals surface area contributed by atoms with Crippen LogP contribution in [0.5, 0.6) is 0 Å². The molecule has 0 radical (unpaired) electrons. The van der Waals surface area contributed by atoms with Crippen LogP contribution >= 0.6 is 0 Å². The van der Waals surface area contributed by atoms with Crippen molar-refractivity contribution in [3.8, 4) is 0 Å². The molecule has 0 unspecified atom stereocenters. The molecule has 1 aliphatic heterocycles. The first-order valence-corrected chi connectivity index (χ1v) is 9.86. The van der Waals surface area contributed by atoms with E-state index in [0.29, 0.717) is 0 Å². The van der Waals surface area contributed by atoms with Gasteiger partial charge in [-0.05, 0) is 32.3 Å². The second kappa shape index (κ2) is 7.64. The van der Waals surface area contributed by atoms with Crippen LogP contribution in [0, 0.1) is 5.41 Å². The third kappa shape index (κ3) is 2.93. The van der Waals surface area contributed by atoms with E-state index in [1.165, 1.54) is 26.9 Å². The molecule has 1 aliphatic rings. The molecule has 4 aromatic carbocycles. The first kappa shape index (κ1) is 19.1. The summed E-state index contributed by atoms with van der Waals surface area (Å²) in [6.45, 7) is 4.22. The lowest BCUT2D eigenvalue weighted by Crippen LogP contribution is -2.44. The van der Waals surface area contributed by atoms with E-state index in [0.717, 1.165) is 10.9 Å². The van der Waals surface area contributed by atoms with Gasteiger partial charge in [0.05, 0.1) is 31.8 Å². The fraction of sp³-hybridized carbons (Fsp3) is 0.333.